The van der Waals surface area contributed by atoms with Crippen LogP contribution >= 0.6 is 0 Å². The number of ketones is 1. The zero-order valence-electron chi connectivity index (χ0n) is 10.9. The van der Waals surface area contributed by atoms with Crippen LogP contribution in [0.1, 0.15) is 36.2 Å². The number of Topliss-reactive ketones (excluding diaryl/α,β-unsaturated/α-hetero) is 1. The van der Waals surface area contributed by atoms with Crippen LogP contribution in [0.15, 0.2) is 24.3 Å². The van der Waals surface area contributed by atoms with E-state index >= 15 is 0 Å². The summed E-state index contributed by atoms with van der Waals surface area (Å²) in [6.45, 7) is 5.41. The lowest BCUT2D eigenvalue weighted by Gasteiger charge is -2.18. The summed E-state index contributed by atoms with van der Waals surface area (Å²) in [5, 5.41) is 11.8. The molecule has 0 aromatic heterocycles. The lowest BCUT2D eigenvalue weighted by atomic mass is 10.0. The summed E-state index contributed by atoms with van der Waals surface area (Å²) in [4.78, 5) is 23.0. The minimum Gasteiger partial charge on any atom is -0.480 e. The van der Waals surface area contributed by atoms with E-state index in [1.807, 2.05) is 19.1 Å². The fourth-order valence-electron chi connectivity index (χ4n) is 1.71. The predicted octanol–water partition coefficient (Wildman–Crippen LogP) is 2.02. The van der Waals surface area contributed by atoms with Gasteiger partial charge in [-0.2, -0.15) is 0 Å². The number of aliphatic carboxylic acids is 1. The van der Waals surface area contributed by atoms with Gasteiger partial charge in [0, 0.05) is 5.56 Å². The van der Waals surface area contributed by atoms with Crippen molar-refractivity contribution in [2.24, 2.45) is 0 Å². The van der Waals surface area contributed by atoms with Gasteiger partial charge in [0.05, 0.1) is 6.04 Å². The van der Waals surface area contributed by atoms with E-state index < -0.39 is 18.1 Å². The van der Waals surface area contributed by atoms with Gasteiger partial charge in [0.15, 0.2) is 5.78 Å². The molecule has 0 bridgehead atoms. The molecule has 0 aliphatic heterocycles. The molecule has 4 heteroatoms. The second kappa shape index (κ2) is 6.31. The Balaban J connectivity index is 2.72. The van der Waals surface area contributed by atoms with Crippen LogP contribution < -0.4 is 5.32 Å². The maximum atomic E-state index is 12.1. The van der Waals surface area contributed by atoms with Crippen LogP contribution in [0.4, 0.5) is 0 Å². The van der Waals surface area contributed by atoms with Gasteiger partial charge in [0.1, 0.15) is 6.04 Å². The average Bonchev–Trinajstić information content (AvgIpc) is 2.35. The molecular formula is C14H19NO3. The van der Waals surface area contributed by atoms with Gasteiger partial charge in [-0.25, -0.2) is 0 Å². The van der Waals surface area contributed by atoms with Crippen molar-refractivity contribution >= 4 is 11.8 Å². The molecule has 18 heavy (non-hydrogen) atoms. The molecule has 0 radical (unpaired) electrons. The first kappa shape index (κ1) is 14.4. The van der Waals surface area contributed by atoms with Crippen molar-refractivity contribution < 1.29 is 14.7 Å². The normalized spacial score (nSPS) is 13.9. The van der Waals surface area contributed by atoms with Crippen LogP contribution in [0.5, 0.6) is 0 Å². The Morgan fingerprint density at radius 2 is 1.83 bits per heavy atom. The fraction of sp³-hybridized carbons (Fsp3) is 0.429. The zero-order chi connectivity index (χ0) is 13.7. The molecule has 0 aliphatic rings. The van der Waals surface area contributed by atoms with Gasteiger partial charge < -0.3 is 5.11 Å². The number of carboxylic acids is 1. The molecule has 2 N–H and O–H groups in total. The van der Waals surface area contributed by atoms with Crippen molar-refractivity contribution in [2.45, 2.75) is 39.3 Å². The molecule has 2 atom stereocenters. The molecule has 98 valence electrons. The molecule has 2 unspecified atom stereocenters. The van der Waals surface area contributed by atoms with Crippen molar-refractivity contribution in [3.8, 4) is 0 Å². The third-order valence-corrected chi connectivity index (χ3v) is 2.89. The van der Waals surface area contributed by atoms with Gasteiger partial charge >= 0.3 is 5.97 Å². The average molecular weight is 249 g/mol. The van der Waals surface area contributed by atoms with Crippen molar-refractivity contribution in [1.29, 1.82) is 0 Å². The summed E-state index contributed by atoms with van der Waals surface area (Å²) in [7, 11) is 0. The molecule has 0 spiro atoms. The number of hydrogen-bond donors (Lipinski definition) is 2. The number of carbonyl (C=O) groups excluding carboxylic acids is 1. The zero-order valence-corrected chi connectivity index (χ0v) is 10.9. The Hall–Kier alpha value is -1.68. The van der Waals surface area contributed by atoms with E-state index in [0.717, 1.165) is 5.56 Å². The number of rotatable bonds is 6. The highest BCUT2D eigenvalue weighted by atomic mass is 16.4. The third kappa shape index (κ3) is 3.67. The first-order chi connectivity index (χ1) is 8.45. The summed E-state index contributed by atoms with van der Waals surface area (Å²) < 4.78 is 0. The molecule has 1 aromatic rings. The predicted molar refractivity (Wildman–Crippen MR) is 69.8 cm³/mol. The number of hydrogen-bond acceptors (Lipinski definition) is 3. The van der Waals surface area contributed by atoms with Gasteiger partial charge in [-0.3, -0.25) is 14.9 Å². The Labute approximate surface area is 107 Å². The van der Waals surface area contributed by atoms with Gasteiger partial charge in [0.25, 0.3) is 0 Å². The number of carboxylic acid groups (broad SMARTS) is 1. The summed E-state index contributed by atoms with van der Waals surface area (Å²) >= 11 is 0. The Kier molecular flexibility index (Phi) is 5.04. The highest BCUT2D eigenvalue weighted by Crippen LogP contribution is 2.07. The SMILES string of the molecule is CCC(NC(C)C(=O)c1ccc(C)cc1)C(=O)O. The minimum absolute atomic E-state index is 0.0882. The second-order valence-electron chi connectivity index (χ2n) is 4.42. The minimum atomic E-state index is -0.930. The van der Waals surface area contributed by atoms with Gasteiger partial charge in [-0.1, -0.05) is 36.8 Å². The topological polar surface area (TPSA) is 66.4 Å². The van der Waals surface area contributed by atoms with Gasteiger partial charge in [0.2, 0.25) is 0 Å². The number of carbonyl (C=O) groups is 2. The summed E-state index contributed by atoms with van der Waals surface area (Å²) in [6.07, 6.45) is 0.445. The second-order valence-corrected chi connectivity index (χ2v) is 4.42. The standard InChI is InChI=1S/C14H19NO3/c1-4-12(14(17)18)15-10(3)13(16)11-7-5-9(2)6-8-11/h5-8,10,12,15H,4H2,1-3H3,(H,17,18). The van der Waals surface area contributed by atoms with E-state index in [2.05, 4.69) is 5.32 Å². The van der Waals surface area contributed by atoms with Crippen molar-refractivity contribution in [3.05, 3.63) is 35.4 Å². The molecule has 0 amide bonds. The number of aryl methyl sites for hydroxylation is 1. The van der Waals surface area contributed by atoms with Crippen LogP contribution in [0.3, 0.4) is 0 Å². The number of benzene rings is 1. The molecule has 0 fully saturated rings. The molecule has 0 saturated carbocycles. The van der Waals surface area contributed by atoms with Crippen LogP contribution in [0.2, 0.25) is 0 Å². The molecule has 1 aromatic carbocycles. The van der Waals surface area contributed by atoms with Crippen molar-refractivity contribution in [3.63, 3.8) is 0 Å². The van der Waals surface area contributed by atoms with E-state index in [4.69, 9.17) is 5.11 Å². The first-order valence-electron chi connectivity index (χ1n) is 6.05. The van der Waals surface area contributed by atoms with Crippen molar-refractivity contribution in [2.75, 3.05) is 0 Å². The smallest absolute Gasteiger partial charge is 0.320 e. The van der Waals surface area contributed by atoms with Crippen LogP contribution in [0.25, 0.3) is 0 Å². The molecule has 0 saturated heterocycles. The van der Waals surface area contributed by atoms with Crippen LogP contribution in [-0.2, 0) is 4.79 Å². The first-order valence-corrected chi connectivity index (χ1v) is 6.05. The summed E-state index contributed by atoms with van der Waals surface area (Å²) in [5.74, 6) is -1.02. The maximum Gasteiger partial charge on any atom is 0.320 e. The lowest BCUT2D eigenvalue weighted by Crippen LogP contribution is -2.45. The molecular weight excluding hydrogens is 230 g/mol. The fourth-order valence-corrected chi connectivity index (χ4v) is 1.71. The lowest BCUT2D eigenvalue weighted by molar-refractivity contribution is -0.139. The highest BCUT2D eigenvalue weighted by molar-refractivity contribution is 6.00. The monoisotopic (exact) mass is 249 g/mol. The van der Waals surface area contributed by atoms with Gasteiger partial charge in [-0.05, 0) is 20.3 Å². The maximum absolute atomic E-state index is 12.1. The Bertz CT molecular complexity index is 425. The largest absolute Gasteiger partial charge is 0.480 e. The Morgan fingerprint density at radius 1 is 1.28 bits per heavy atom. The molecule has 1 rings (SSSR count). The molecule has 0 aliphatic carbocycles. The summed E-state index contributed by atoms with van der Waals surface area (Å²) in [6, 6.07) is 6.07. The molecule has 4 nitrogen and oxygen atoms in total. The van der Waals surface area contributed by atoms with Crippen LogP contribution in [-0.4, -0.2) is 28.9 Å². The van der Waals surface area contributed by atoms with E-state index in [1.54, 1.807) is 26.0 Å². The van der Waals surface area contributed by atoms with E-state index in [-0.39, 0.29) is 5.78 Å². The number of nitrogens with one attached hydrogen (secondary N) is 1. The quantitative estimate of drug-likeness (QED) is 0.757. The van der Waals surface area contributed by atoms with Crippen LogP contribution in [0, 0.1) is 6.92 Å². The van der Waals surface area contributed by atoms with E-state index in [9.17, 15) is 9.59 Å². The molecule has 0 heterocycles. The van der Waals surface area contributed by atoms with Gasteiger partial charge in [-0.15, -0.1) is 0 Å². The summed E-state index contributed by atoms with van der Waals surface area (Å²) in [5.41, 5.74) is 1.69. The Morgan fingerprint density at radius 3 is 2.28 bits per heavy atom. The third-order valence-electron chi connectivity index (χ3n) is 2.89. The van der Waals surface area contributed by atoms with E-state index in [0.29, 0.717) is 12.0 Å². The van der Waals surface area contributed by atoms with E-state index in [1.165, 1.54) is 0 Å². The highest BCUT2D eigenvalue weighted by Gasteiger charge is 2.22. The van der Waals surface area contributed by atoms with Crippen molar-refractivity contribution in [1.82, 2.24) is 5.32 Å².